The Kier molecular flexibility index (Phi) is 5.56. The van der Waals surface area contributed by atoms with Crippen LogP contribution in [0.15, 0.2) is 103 Å². The van der Waals surface area contributed by atoms with Crippen LogP contribution in [0.1, 0.15) is 22.6 Å². The van der Waals surface area contributed by atoms with Crippen LogP contribution in [0.5, 0.6) is 0 Å². The largest absolute Gasteiger partial charge is 0.126 e. The van der Waals surface area contributed by atoms with Crippen molar-refractivity contribution >= 4 is 34.8 Å². The molecule has 0 radical (unpaired) electrons. The van der Waals surface area contributed by atoms with E-state index in [4.69, 9.17) is 34.8 Å². The van der Waals surface area contributed by atoms with E-state index >= 15 is 0 Å². The molecule has 1 aliphatic rings. The fourth-order valence-corrected chi connectivity index (χ4v) is 5.89. The van der Waals surface area contributed by atoms with Crippen molar-refractivity contribution < 1.29 is 0 Å². The van der Waals surface area contributed by atoms with Gasteiger partial charge in [0.1, 0.15) is 0 Å². The molecule has 28 heavy (non-hydrogen) atoms. The van der Waals surface area contributed by atoms with E-state index in [0.29, 0.717) is 5.88 Å². The minimum atomic E-state index is -0.789. The zero-order chi connectivity index (χ0) is 19.6. The second-order valence-electron chi connectivity index (χ2n) is 7.23. The van der Waals surface area contributed by atoms with Gasteiger partial charge in [-0.2, -0.15) is 0 Å². The average Bonchev–Trinajstić information content (AvgIpc) is 2.76. The van der Waals surface area contributed by atoms with Crippen LogP contribution in [0.3, 0.4) is 0 Å². The van der Waals surface area contributed by atoms with Crippen LogP contribution in [0.4, 0.5) is 0 Å². The Morgan fingerprint density at radius 2 is 1.18 bits per heavy atom. The van der Waals surface area contributed by atoms with Gasteiger partial charge < -0.3 is 0 Å². The molecule has 3 aromatic rings. The van der Waals surface area contributed by atoms with Crippen LogP contribution in [-0.4, -0.2) is 5.88 Å². The van der Waals surface area contributed by atoms with Crippen LogP contribution in [0.2, 0.25) is 0 Å². The van der Waals surface area contributed by atoms with Gasteiger partial charge in [-0.05, 0) is 16.7 Å². The second kappa shape index (κ2) is 7.95. The highest BCUT2D eigenvalue weighted by molar-refractivity contribution is 6.30. The number of allylic oxidation sites excluding steroid dienone is 2. The van der Waals surface area contributed by atoms with E-state index in [1.165, 1.54) is 0 Å². The summed E-state index contributed by atoms with van der Waals surface area (Å²) >= 11 is 21.5. The molecular weight excluding hydrogens is 407 g/mol. The quantitative estimate of drug-likeness (QED) is 0.299. The first-order chi connectivity index (χ1) is 13.6. The topological polar surface area (TPSA) is 0 Å². The van der Waals surface area contributed by atoms with Crippen molar-refractivity contribution in [3.63, 3.8) is 0 Å². The van der Waals surface area contributed by atoms with Gasteiger partial charge in [0, 0.05) is 17.7 Å². The molecule has 3 heteroatoms. The molecule has 0 aliphatic heterocycles. The van der Waals surface area contributed by atoms with Crippen molar-refractivity contribution in [2.45, 2.75) is 15.7 Å². The molecule has 0 spiro atoms. The van der Waals surface area contributed by atoms with Crippen molar-refractivity contribution in [3.8, 4) is 0 Å². The summed E-state index contributed by atoms with van der Waals surface area (Å²) in [6, 6.07) is 30.6. The molecule has 0 fully saturated rings. The van der Waals surface area contributed by atoms with Gasteiger partial charge in [-0.25, -0.2) is 0 Å². The van der Waals surface area contributed by atoms with Crippen LogP contribution in [0, 0.1) is 5.92 Å². The van der Waals surface area contributed by atoms with Crippen molar-refractivity contribution in [1.82, 2.24) is 0 Å². The molecule has 3 aromatic carbocycles. The summed E-state index contributed by atoms with van der Waals surface area (Å²) in [5, 5.41) is 0. The van der Waals surface area contributed by atoms with Crippen LogP contribution < -0.4 is 0 Å². The predicted molar refractivity (Wildman–Crippen MR) is 120 cm³/mol. The highest BCUT2D eigenvalue weighted by Crippen LogP contribution is 2.62. The Balaban J connectivity index is 2.01. The minimum Gasteiger partial charge on any atom is -0.126 e. The Hall–Kier alpha value is -1.73. The van der Waals surface area contributed by atoms with Gasteiger partial charge in [-0.15, -0.1) is 34.8 Å². The van der Waals surface area contributed by atoms with Gasteiger partial charge in [-0.3, -0.25) is 0 Å². The first-order valence-corrected chi connectivity index (χ1v) is 10.7. The number of hydrogen-bond acceptors (Lipinski definition) is 0. The molecule has 4 rings (SSSR count). The number of hydrogen-bond donors (Lipinski definition) is 0. The monoisotopic (exact) mass is 426 g/mol. The Morgan fingerprint density at radius 3 is 1.71 bits per heavy atom. The smallest absolute Gasteiger partial charge is 0.0964 e. The summed E-state index contributed by atoms with van der Waals surface area (Å²) in [6.45, 7) is 0. The third-order valence-electron chi connectivity index (χ3n) is 5.68. The van der Waals surface area contributed by atoms with E-state index in [2.05, 4.69) is 48.6 Å². The zero-order valence-electron chi connectivity index (χ0n) is 15.3. The summed E-state index contributed by atoms with van der Waals surface area (Å²) in [6.07, 6.45) is 4.17. The second-order valence-corrected chi connectivity index (χ2v) is 8.79. The van der Waals surface area contributed by atoms with Crippen LogP contribution in [0.25, 0.3) is 0 Å². The Morgan fingerprint density at radius 1 is 0.679 bits per heavy atom. The molecule has 0 saturated heterocycles. The highest BCUT2D eigenvalue weighted by atomic mass is 35.5. The number of halogens is 3. The maximum absolute atomic E-state index is 7.58. The standard InChI is InChI=1S/C25H21Cl3/c26-18-22-16-17-24(27,20-12-6-2-7-13-20)23(19-10-4-1-5-11-19)25(22,28)21-14-8-3-9-15-21/h1-17,22-23H,18H2. The van der Waals surface area contributed by atoms with Gasteiger partial charge in [0.15, 0.2) is 0 Å². The van der Waals surface area contributed by atoms with Crippen molar-refractivity contribution in [3.05, 3.63) is 120 Å². The number of alkyl halides is 3. The summed E-state index contributed by atoms with van der Waals surface area (Å²) < 4.78 is 0. The fourth-order valence-electron chi connectivity index (χ4n) is 4.34. The SMILES string of the molecule is ClCC1C=CC(Cl)(c2ccccc2)C(c2ccccc2)C1(Cl)c1ccccc1. The lowest BCUT2D eigenvalue weighted by Gasteiger charge is -2.50. The Labute approximate surface area is 181 Å². The zero-order valence-corrected chi connectivity index (χ0v) is 17.6. The summed E-state index contributed by atoms with van der Waals surface area (Å²) in [5.41, 5.74) is 3.15. The lowest BCUT2D eigenvalue weighted by Crippen LogP contribution is -2.47. The van der Waals surface area contributed by atoms with E-state index < -0.39 is 9.75 Å². The molecule has 0 N–H and O–H groups in total. The maximum atomic E-state index is 7.58. The normalized spacial score (nSPS) is 29.5. The van der Waals surface area contributed by atoms with Gasteiger partial charge in [0.25, 0.3) is 0 Å². The highest BCUT2D eigenvalue weighted by Gasteiger charge is 2.56. The van der Waals surface area contributed by atoms with Crippen LogP contribution >= 0.6 is 34.8 Å². The number of rotatable bonds is 4. The van der Waals surface area contributed by atoms with Crippen molar-refractivity contribution in [2.24, 2.45) is 5.92 Å². The molecule has 0 aromatic heterocycles. The molecule has 4 atom stereocenters. The van der Waals surface area contributed by atoms with E-state index in [9.17, 15) is 0 Å². The van der Waals surface area contributed by atoms with Gasteiger partial charge in [0.05, 0.1) is 9.75 Å². The van der Waals surface area contributed by atoms with Gasteiger partial charge in [-0.1, -0.05) is 103 Å². The van der Waals surface area contributed by atoms with E-state index in [1.54, 1.807) is 0 Å². The van der Waals surface area contributed by atoms with Crippen molar-refractivity contribution in [1.29, 1.82) is 0 Å². The van der Waals surface area contributed by atoms with Crippen molar-refractivity contribution in [2.75, 3.05) is 5.88 Å². The molecular formula is C25H21Cl3. The van der Waals surface area contributed by atoms with E-state index in [-0.39, 0.29) is 11.8 Å². The molecule has 0 amide bonds. The molecule has 142 valence electrons. The Bertz CT molecular complexity index is 939. The summed E-state index contributed by atoms with van der Waals surface area (Å²) in [4.78, 5) is -1.57. The lowest BCUT2D eigenvalue weighted by atomic mass is 9.62. The first kappa shape index (κ1) is 19.6. The molecule has 1 aliphatic carbocycles. The third kappa shape index (κ3) is 3.18. The fraction of sp³-hybridized carbons (Fsp3) is 0.200. The van der Waals surface area contributed by atoms with Gasteiger partial charge in [0.2, 0.25) is 0 Å². The number of benzene rings is 3. The summed E-state index contributed by atoms with van der Waals surface area (Å²) in [5.74, 6) is 0.155. The molecule has 0 nitrogen and oxygen atoms in total. The molecule has 0 saturated carbocycles. The lowest BCUT2D eigenvalue weighted by molar-refractivity contribution is 0.329. The average molecular weight is 428 g/mol. The van der Waals surface area contributed by atoms with E-state index in [1.807, 2.05) is 54.6 Å². The predicted octanol–water partition coefficient (Wildman–Crippen LogP) is 7.46. The van der Waals surface area contributed by atoms with E-state index in [0.717, 1.165) is 16.7 Å². The first-order valence-electron chi connectivity index (χ1n) is 9.40. The van der Waals surface area contributed by atoms with Crippen LogP contribution in [-0.2, 0) is 9.75 Å². The maximum Gasteiger partial charge on any atom is 0.0964 e. The molecule has 4 unspecified atom stereocenters. The molecule has 0 heterocycles. The summed E-state index contributed by atoms with van der Waals surface area (Å²) in [7, 11) is 0. The third-order valence-corrected chi connectivity index (χ3v) is 7.29. The van der Waals surface area contributed by atoms with Gasteiger partial charge >= 0.3 is 0 Å². The molecule has 0 bridgehead atoms. The minimum absolute atomic E-state index is 0.0565.